The molecule has 0 spiro atoms. The molecule has 0 bridgehead atoms. The molecular weight excluding hydrogens is 290 g/mol. The number of ether oxygens (including phenoxy) is 2. The molecule has 0 saturated carbocycles. The van der Waals surface area contributed by atoms with E-state index in [1.165, 1.54) is 0 Å². The van der Waals surface area contributed by atoms with Gasteiger partial charge in [-0.2, -0.15) is 0 Å². The fourth-order valence-corrected chi connectivity index (χ4v) is 2.05. The fraction of sp³-hybridized carbons (Fsp3) is 0.250. The van der Waals surface area contributed by atoms with Crippen molar-refractivity contribution in [1.29, 1.82) is 0 Å². The van der Waals surface area contributed by atoms with Crippen molar-refractivity contribution in [3.8, 4) is 5.75 Å². The minimum atomic E-state index is -0.380. The van der Waals surface area contributed by atoms with E-state index in [4.69, 9.17) is 21.1 Å². The normalized spacial score (nSPS) is 10.2. The Labute approximate surface area is 128 Å². The molecule has 4 nitrogen and oxygen atoms in total. The fourth-order valence-electron chi connectivity index (χ4n) is 1.86. The van der Waals surface area contributed by atoms with E-state index in [1.807, 2.05) is 13.8 Å². The Morgan fingerprint density at radius 2 is 2.10 bits per heavy atom. The molecule has 0 aliphatic heterocycles. The highest BCUT2D eigenvalue weighted by Gasteiger charge is 2.10. The molecule has 0 N–H and O–H groups in total. The number of pyridine rings is 1. The molecule has 0 unspecified atom stereocenters. The van der Waals surface area contributed by atoms with Crippen LogP contribution in [0.4, 0.5) is 0 Å². The van der Waals surface area contributed by atoms with Gasteiger partial charge in [-0.25, -0.2) is 9.78 Å². The number of aromatic nitrogens is 1. The van der Waals surface area contributed by atoms with Crippen LogP contribution >= 0.6 is 11.6 Å². The molecule has 2 aromatic rings. The lowest BCUT2D eigenvalue weighted by Crippen LogP contribution is -2.06. The summed E-state index contributed by atoms with van der Waals surface area (Å²) in [5, 5.41) is 0.375. The van der Waals surface area contributed by atoms with Crippen molar-refractivity contribution in [3.05, 3.63) is 58.4 Å². The lowest BCUT2D eigenvalue weighted by Gasteiger charge is -2.09. The number of hydrogen-bond acceptors (Lipinski definition) is 4. The molecule has 0 aliphatic rings. The Balaban J connectivity index is 2.02. The summed E-state index contributed by atoms with van der Waals surface area (Å²) in [7, 11) is 0. The van der Waals surface area contributed by atoms with E-state index in [-0.39, 0.29) is 12.6 Å². The van der Waals surface area contributed by atoms with Gasteiger partial charge in [0.1, 0.15) is 17.5 Å². The highest BCUT2D eigenvalue weighted by Crippen LogP contribution is 2.20. The Morgan fingerprint density at radius 3 is 2.76 bits per heavy atom. The lowest BCUT2D eigenvalue weighted by atomic mass is 10.1. The van der Waals surface area contributed by atoms with E-state index in [1.54, 1.807) is 36.5 Å². The number of aryl methyl sites for hydroxylation is 1. The SMILES string of the molecule is CCOc1ccc(C(=O)OCc2ccnc(Cl)c2)cc1C. The van der Waals surface area contributed by atoms with Crippen LogP contribution in [0.5, 0.6) is 5.75 Å². The Bertz CT molecular complexity index is 643. The zero-order chi connectivity index (χ0) is 15.2. The highest BCUT2D eigenvalue weighted by molar-refractivity contribution is 6.29. The third-order valence-corrected chi connectivity index (χ3v) is 3.08. The second kappa shape index (κ2) is 7.09. The first-order valence-corrected chi connectivity index (χ1v) is 6.99. The third-order valence-electron chi connectivity index (χ3n) is 2.87. The largest absolute Gasteiger partial charge is 0.494 e. The van der Waals surface area contributed by atoms with Gasteiger partial charge in [-0.05, 0) is 55.3 Å². The van der Waals surface area contributed by atoms with Crippen molar-refractivity contribution in [1.82, 2.24) is 4.98 Å². The predicted octanol–water partition coefficient (Wildman–Crippen LogP) is 3.80. The van der Waals surface area contributed by atoms with E-state index >= 15 is 0 Å². The van der Waals surface area contributed by atoms with E-state index in [2.05, 4.69) is 4.98 Å². The summed E-state index contributed by atoms with van der Waals surface area (Å²) in [4.78, 5) is 15.9. The van der Waals surface area contributed by atoms with Gasteiger partial charge in [-0.15, -0.1) is 0 Å². The van der Waals surface area contributed by atoms with Crippen LogP contribution in [-0.2, 0) is 11.3 Å². The van der Waals surface area contributed by atoms with Crippen molar-refractivity contribution in [2.75, 3.05) is 6.61 Å². The molecule has 2 rings (SSSR count). The van der Waals surface area contributed by atoms with Crippen LogP contribution in [-0.4, -0.2) is 17.6 Å². The molecule has 21 heavy (non-hydrogen) atoms. The predicted molar refractivity (Wildman–Crippen MR) is 80.7 cm³/mol. The summed E-state index contributed by atoms with van der Waals surface area (Å²) in [5.41, 5.74) is 2.19. The third kappa shape index (κ3) is 4.20. The Morgan fingerprint density at radius 1 is 1.29 bits per heavy atom. The van der Waals surface area contributed by atoms with Gasteiger partial charge in [0, 0.05) is 6.20 Å². The van der Waals surface area contributed by atoms with Crippen LogP contribution in [0.3, 0.4) is 0 Å². The van der Waals surface area contributed by atoms with Crippen molar-refractivity contribution in [2.24, 2.45) is 0 Å². The zero-order valence-electron chi connectivity index (χ0n) is 11.9. The summed E-state index contributed by atoms with van der Waals surface area (Å²) < 4.78 is 10.7. The standard InChI is InChI=1S/C16H16ClNO3/c1-3-20-14-5-4-13(8-11(14)2)16(19)21-10-12-6-7-18-15(17)9-12/h4-9H,3,10H2,1-2H3. The lowest BCUT2D eigenvalue weighted by molar-refractivity contribution is 0.0472. The number of benzene rings is 1. The first kappa shape index (κ1) is 15.3. The quantitative estimate of drug-likeness (QED) is 0.623. The number of carbonyl (C=O) groups is 1. The summed E-state index contributed by atoms with van der Waals surface area (Å²) in [5.74, 6) is 0.393. The molecule has 0 amide bonds. The van der Waals surface area contributed by atoms with Gasteiger partial charge < -0.3 is 9.47 Å². The molecule has 0 aliphatic carbocycles. The van der Waals surface area contributed by atoms with Crippen LogP contribution < -0.4 is 4.74 Å². The second-order valence-corrected chi connectivity index (χ2v) is 4.86. The van der Waals surface area contributed by atoms with Gasteiger partial charge in [0.15, 0.2) is 0 Å². The monoisotopic (exact) mass is 305 g/mol. The molecule has 0 saturated heterocycles. The summed E-state index contributed by atoms with van der Waals surface area (Å²) in [6.07, 6.45) is 1.58. The van der Waals surface area contributed by atoms with Gasteiger partial charge in [0.05, 0.1) is 12.2 Å². The average molecular weight is 306 g/mol. The number of esters is 1. The maximum atomic E-state index is 12.0. The molecule has 1 aromatic heterocycles. The van der Waals surface area contributed by atoms with Gasteiger partial charge in [0.25, 0.3) is 0 Å². The minimum Gasteiger partial charge on any atom is -0.494 e. The van der Waals surface area contributed by atoms with Crippen molar-refractivity contribution >= 4 is 17.6 Å². The molecular formula is C16H16ClNO3. The summed E-state index contributed by atoms with van der Waals surface area (Å²) in [6, 6.07) is 8.65. The molecule has 0 radical (unpaired) electrons. The zero-order valence-corrected chi connectivity index (χ0v) is 12.7. The van der Waals surface area contributed by atoms with Crippen LogP contribution in [0.15, 0.2) is 36.5 Å². The molecule has 1 aromatic carbocycles. The maximum Gasteiger partial charge on any atom is 0.338 e. The average Bonchev–Trinajstić information content (AvgIpc) is 2.47. The summed E-state index contributed by atoms with van der Waals surface area (Å²) >= 11 is 5.78. The van der Waals surface area contributed by atoms with Crippen molar-refractivity contribution in [3.63, 3.8) is 0 Å². The Hall–Kier alpha value is -2.07. The van der Waals surface area contributed by atoms with E-state index in [0.717, 1.165) is 16.9 Å². The topological polar surface area (TPSA) is 48.4 Å². The van der Waals surface area contributed by atoms with E-state index in [9.17, 15) is 4.79 Å². The molecule has 0 fully saturated rings. The number of carbonyl (C=O) groups excluding carboxylic acids is 1. The molecule has 1 heterocycles. The van der Waals surface area contributed by atoms with Crippen LogP contribution in [0.1, 0.15) is 28.4 Å². The van der Waals surface area contributed by atoms with Crippen LogP contribution in [0.25, 0.3) is 0 Å². The van der Waals surface area contributed by atoms with Gasteiger partial charge in [0.2, 0.25) is 0 Å². The minimum absolute atomic E-state index is 0.160. The van der Waals surface area contributed by atoms with Gasteiger partial charge in [-0.3, -0.25) is 0 Å². The first-order chi connectivity index (χ1) is 10.1. The Kier molecular flexibility index (Phi) is 5.17. The van der Waals surface area contributed by atoms with Gasteiger partial charge >= 0.3 is 5.97 Å². The number of rotatable bonds is 5. The first-order valence-electron chi connectivity index (χ1n) is 6.61. The molecule has 110 valence electrons. The van der Waals surface area contributed by atoms with Crippen molar-refractivity contribution in [2.45, 2.75) is 20.5 Å². The number of nitrogens with zero attached hydrogens (tertiary/aromatic N) is 1. The number of halogens is 1. The van der Waals surface area contributed by atoms with Crippen molar-refractivity contribution < 1.29 is 14.3 Å². The number of hydrogen-bond donors (Lipinski definition) is 0. The van der Waals surface area contributed by atoms with E-state index in [0.29, 0.717) is 17.3 Å². The highest BCUT2D eigenvalue weighted by atomic mass is 35.5. The van der Waals surface area contributed by atoms with Gasteiger partial charge in [-0.1, -0.05) is 11.6 Å². The smallest absolute Gasteiger partial charge is 0.338 e. The van der Waals surface area contributed by atoms with E-state index < -0.39 is 0 Å². The molecule has 0 atom stereocenters. The second-order valence-electron chi connectivity index (χ2n) is 4.48. The molecule has 5 heteroatoms. The van der Waals surface area contributed by atoms with Crippen LogP contribution in [0, 0.1) is 6.92 Å². The van der Waals surface area contributed by atoms with Crippen LogP contribution in [0.2, 0.25) is 5.15 Å². The maximum absolute atomic E-state index is 12.0. The summed E-state index contributed by atoms with van der Waals surface area (Å²) in [6.45, 7) is 4.56.